The summed E-state index contributed by atoms with van der Waals surface area (Å²) in [6, 6.07) is 0. The second-order valence-corrected chi connectivity index (χ2v) is 2.03. The van der Waals surface area contributed by atoms with Gasteiger partial charge in [-0.05, 0) is 13.8 Å². The summed E-state index contributed by atoms with van der Waals surface area (Å²) >= 11 is 0. The van der Waals surface area contributed by atoms with Crippen LogP contribution in [0.25, 0.3) is 0 Å². The van der Waals surface area contributed by atoms with E-state index in [9.17, 15) is 9.59 Å². The van der Waals surface area contributed by atoms with Crippen molar-refractivity contribution >= 4 is 11.9 Å². The second-order valence-electron chi connectivity index (χ2n) is 2.03. The van der Waals surface area contributed by atoms with Gasteiger partial charge in [-0.2, -0.15) is 0 Å². The first-order valence-electron chi connectivity index (χ1n) is 3.10. The molecule has 0 aliphatic carbocycles. The summed E-state index contributed by atoms with van der Waals surface area (Å²) in [6.45, 7) is 2.39. The minimum Gasteiger partial charge on any atom is -0.479 e. The number of carboxylic acids is 2. The van der Waals surface area contributed by atoms with Gasteiger partial charge >= 0.3 is 11.9 Å². The molecule has 0 aliphatic heterocycles. The van der Waals surface area contributed by atoms with Crippen LogP contribution in [0.15, 0.2) is 0 Å². The summed E-state index contributed by atoms with van der Waals surface area (Å²) in [5.41, 5.74) is 0. The maximum atomic E-state index is 9.45. The molecule has 0 heterocycles. The van der Waals surface area contributed by atoms with Crippen molar-refractivity contribution in [1.29, 1.82) is 0 Å². The molecule has 2 unspecified atom stereocenters. The first-order chi connectivity index (χ1) is 5.29. The summed E-state index contributed by atoms with van der Waals surface area (Å²) in [7, 11) is 0. The van der Waals surface area contributed by atoms with Crippen molar-refractivity contribution in [3.05, 3.63) is 0 Å². The average Bonchev–Trinajstić information content (AvgIpc) is 1.88. The van der Waals surface area contributed by atoms with Crippen LogP contribution in [0.3, 0.4) is 0 Å². The Morgan fingerprint density at radius 1 is 0.867 bits per heavy atom. The van der Waals surface area contributed by atoms with Gasteiger partial charge in [-0.1, -0.05) is 0 Å². The summed E-state index contributed by atoms with van der Waals surface area (Å²) in [4.78, 5) is 18.9. The predicted octanol–water partition coefficient (Wildman–Crippen LogP) is -2.75. The number of aliphatic hydroxyl groups is 2. The Kier molecular flexibility index (Phi) is 30.9. The maximum absolute atomic E-state index is 9.45. The molecule has 0 bridgehead atoms. The Balaban J connectivity index is -0.0000000370. The minimum atomic E-state index is -1.23. The Hall–Kier alpha value is -0.597. The van der Waals surface area contributed by atoms with Gasteiger partial charge in [-0.3, -0.25) is 0 Å². The van der Waals surface area contributed by atoms with Crippen LogP contribution < -0.4 is 0 Å². The van der Waals surface area contributed by atoms with E-state index in [0.29, 0.717) is 0 Å². The number of hydrogen-bond acceptors (Lipinski definition) is 4. The van der Waals surface area contributed by atoms with Crippen molar-refractivity contribution in [1.82, 2.24) is 0 Å². The third kappa shape index (κ3) is 31.8. The first kappa shape index (κ1) is 29.3. The SMILES string of the molecule is CC(O)C(=O)O.CC(O)C(=O)O.O.O.[Zn]. The van der Waals surface area contributed by atoms with Gasteiger partial charge in [-0.25, -0.2) is 9.59 Å². The fraction of sp³-hybridized carbons (Fsp3) is 0.667. The standard InChI is InChI=1S/2C3H6O3.2H2O.Zn/c2*1-2(4)3(5)6;;;/h2*2,4H,1H3,(H,5,6);2*1H2;. The maximum Gasteiger partial charge on any atom is 0.332 e. The van der Waals surface area contributed by atoms with E-state index >= 15 is 0 Å². The largest absolute Gasteiger partial charge is 0.479 e. The van der Waals surface area contributed by atoms with Gasteiger partial charge in [0, 0.05) is 19.5 Å². The van der Waals surface area contributed by atoms with Gasteiger partial charge in [0.2, 0.25) is 0 Å². The van der Waals surface area contributed by atoms with Crippen molar-refractivity contribution in [2.75, 3.05) is 0 Å². The third-order valence-electron chi connectivity index (χ3n) is 0.715. The number of carboxylic acid groups (broad SMARTS) is 2. The van der Waals surface area contributed by atoms with E-state index in [0.717, 1.165) is 0 Å². The van der Waals surface area contributed by atoms with E-state index in [2.05, 4.69) is 0 Å². The summed E-state index contributed by atoms with van der Waals surface area (Å²) in [5, 5.41) is 31.5. The van der Waals surface area contributed by atoms with Gasteiger partial charge in [0.15, 0.2) is 0 Å². The molecule has 0 aromatic carbocycles. The van der Waals surface area contributed by atoms with Gasteiger partial charge in [-0.15, -0.1) is 0 Å². The minimum absolute atomic E-state index is 0. The first-order valence-corrected chi connectivity index (χ1v) is 3.10. The fourth-order valence-electron chi connectivity index (χ4n) is 0. The van der Waals surface area contributed by atoms with E-state index < -0.39 is 24.1 Å². The zero-order valence-corrected chi connectivity index (χ0v) is 11.4. The molecule has 0 aromatic rings. The molecule has 9 heteroatoms. The van der Waals surface area contributed by atoms with Gasteiger partial charge in [0.05, 0.1) is 0 Å². The van der Waals surface area contributed by atoms with Gasteiger partial charge in [0.25, 0.3) is 0 Å². The molecule has 90 valence electrons. The van der Waals surface area contributed by atoms with E-state index in [1.807, 2.05) is 0 Å². The molecule has 0 spiro atoms. The summed E-state index contributed by atoms with van der Waals surface area (Å²) in [6.07, 6.45) is -2.46. The normalized spacial score (nSPS) is 10.9. The molecule has 2 atom stereocenters. The van der Waals surface area contributed by atoms with Crippen LogP contribution in [0.4, 0.5) is 0 Å². The molecule has 0 aliphatic rings. The van der Waals surface area contributed by atoms with E-state index in [1.54, 1.807) is 0 Å². The summed E-state index contributed by atoms with van der Waals surface area (Å²) in [5.74, 6) is -2.37. The van der Waals surface area contributed by atoms with Crippen LogP contribution in [0, 0.1) is 0 Å². The number of carbonyl (C=O) groups is 2. The zero-order valence-electron chi connectivity index (χ0n) is 8.47. The average molecular weight is 282 g/mol. The quantitative estimate of drug-likeness (QED) is 0.398. The topological polar surface area (TPSA) is 178 Å². The number of aliphatic carboxylic acids is 2. The van der Waals surface area contributed by atoms with Crippen LogP contribution in [-0.2, 0) is 29.1 Å². The van der Waals surface area contributed by atoms with Gasteiger partial charge in [0.1, 0.15) is 12.2 Å². The Morgan fingerprint density at radius 2 is 0.933 bits per heavy atom. The zero-order chi connectivity index (χ0) is 10.3. The predicted molar refractivity (Wildman–Crippen MR) is 45.9 cm³/mol. The Labute approximate surface area is 98.9 Å². The molecular formula is C6H16O8Zn. The Bertz CT molecular complexity index is 139. The number of aliphatic hydroxyl groups excluding tert-OH is 2. The molecular weight excluding hydrogens is 265 g/mol. The smallest absolute Gasteiger partial charge is 0.332 e. The van der Waals surface area contributed by atoms with E-state index in [1.165, 1.54) is 13.8 Å². The van der Waals surface area contributed by atoms with Crippen molar-refractivity contribution in [3.63, 3.8) is 0 Å². The van der Waals surface area contributed by atoms with Crippen LogP contribution in [-0.4, -0.2) is 55.5 Å². The molecule has 8 N–H and O–H groups in total. The van der Waals surface area contributed by atoms with Crippen molar-refractivity contribution in [2.24, 2.45) is 0 Å². The van der Waals surface area contributed by atoms with E-state index in [4.69, 9.17) is 20.4 Å². The molecule has 0 fully saturated rings. The van der Waals surface area contributed by atoms with Crippen LogP contribution >= 0.6 is 0 Å². The molecule has 0 saturated carbocycles. The second kappa shape index (κ2) is 15.9. The van der Waals surface area contributed by atoms with Crippen molar-refractivity contribution in [2.45, 2.75) is 26.1 Å². The van der Waals surface area contributed by atoms with Crippen molar-refractivity contribution in [3.8, 4) is 0 Å². The fourth-order valence-corrected chi connectivity index (χ4v) is 0. The molecule has 0 aromatic heterocycles. The monoisotopic (exact) mass is 280 g/mol. The molecule has 8 nitrogen and oxygen atoms in total. The Morgan fingerprint density at radius 3 is 0.933 bits per heavy atom. The van der Waals surface area contributed by atoms with E-state index in [-0.39, 0.29) is 30.4 Å². The summed E-state index contributed by atoms with van der Waals surface area (Å²) < 4.78 is 0. The molecule has 15 heavy (non-hydrogen) atoms. The van der Waals surface area contributed by atoms with Gasteiger partial charge < -0.3 is 31.4 Å². The molecule has 0 rings (SSSR count). The van der Waals surface area contributed by atoms with Crippen LogP contribution in [0.1, 0.15) is 13.8 Å². The third-order valence-corrected chi connectivity index (χ3v) is 0.715. The molecule has 0 saturated heterocycles. The van der Waals surface area contributed by atoms with Crippen LogP contribution in [0.5, 0.6) is 0 Å². The molecule has 0 radical (unpaired) electrons. The molecule has 0 amide bonds. The van der Waals surface area contributed by atoms with Crippen LogP contribution in [0.2, 0.25) is 0 Å². The number of hydrogen-bond donors (Lipinski definition) is 4. The van der Waals surface area contributed by atoms with Crippen molar-refractivity contribution < 1.29 is 60.4 Å². The number of rotatable bonds is 2.